The van der Waals surface area contributed by atoms with Gasteiger partial charge in [0.05, 0.1) is 12.9 Å². The van der Waals surface area contributed by atoms with Crippen molar-refractivity contribution in [3.05, 3.63) is 83.9 Å². The summed E-state index contributed by atoms with van der Waals surface area (Å²) in [6.45, 7) is 0.200. The second-order valence-corrected chi connectivity index (χ2v) is 6.55. The molecule has 0 radical (unpaired) electrons. The Morgan fingerprint density at radius 3 is 2.46 bits per heavy atom. The maximum atomic E-state index is 12.8. The van der Waals surface area contributed by atoms with E-state index in [-0.39, 0.29) is 18.3 Å². The number of carbonyl (C=O) groups is 1. The van der Waals surface area contributed by atoms with Gasteiger partial charge in [0.15, 0.2) is 6.10 Å². The molecule has 1 atom stereocenters. The Morgan fingerprint density at radius 1 is 1.25 bits per heavy atom. The standard InChI is InChI=1S/C20H20ClN5O2/c1-28-18(15-6-8-17(9-7-15)25-11-10-24-13-25)20(27)26(21)12-14-2-4-16(5-3-14)19(22)23/h2-11,13,18H,12H2,1H3,(H3,22,23). The molecule has 0 fully saturated rings. The molecule has 8 heteroatoms. The van der Waals surface area contributed by atoms with E-state index in [1.165, 1.54) is 7.11 Å². The number of nitrogens with two attached hydrogens (primary N) is 1. The number of amides is 1. The Morgan fingerprint density at radius 2 is 1.93 bits per heavy atom. The maximum absolute atomic E-state index is 12.8. The van der Waals surface area contributed by atoms with Gasteiger partial charge in [-0.05, 0) is 23.3 Å². The Bertz CT molecular complexity index is 940. The number of aromatic nitrogens is 2. The topological polar surface area (TPSA) is 97.2 Å². The van der Waals surface area contributed by atoms with Crippen molar-refractivity contribution in [2.45, 2.75) is 12.6 Å². The third-order valence-electron chi connectivity index (χ3n) is 4.28. The first kappa shape index (κ1) is 19.6. The molecule has 1 amide bonds. The van der Waals surface area contributed by atoms with Gasteiger partial charge in [0, 0.05) is 42.5 Å². The fraction of sp³-hybridized carbons (Fsp3) is 0.150. The lowest BCUT2D eigenvalue weighted by Crippen LogP contribution is -2.28. The predicted octanol–water partition coefficient (Wildman–Crippen LogP) is 3.03. The summed E-state index contributed by atoms with van der Waals surface area (Å²) in [6, 6.07) is 14.4. The zero-order chi connectivity index (χ0) is 20.1. The molecular weight excluding hydrogens is 378 g/mol. The van der Waals surface area contributed by atoms with Crippen LogP contribution in [0.5, 0.6) is 0 Å². The van der Waals surface area contributed by atoms with Crippen LogP contribution in [0.3, 0.4) is 0 Å². The summed E-state index contributed by atoms with van der Waals surface area (Å²) in [4.78, 5) is 16.8. The molecule has 0 saturated carbocycles. The quantitative estimate of drug-likeness (QED) is 0.364. The van der Waals surface area contributed by atoms with E-state index in [4.69, 9.17) is 27.7 Å². The third-order valence-corrected chi connectivity index (χ3v) is 4.57. The van der Waals surface area contributed by atoms with Crippen molar-refractivity contribution in [1.29, 1.82) is 5.41 Å². The summed E-state index contributed by atoms with van der Waals surface area (Å²) < 4.78 is 8.36. The first-order valence-corrected chi connectivity index (χ1v) is 8.85. The van der Waals surface area contributed by atoms with Crippen LogP contribution >= 0.6 is 11.8 Å². The molecule has 28 heavy (non-hydrogen) atoms. The van der Waals surface area contributed by atoms with Crippen molar-refractivity contribution >= 4 is 23.5 Å². The number of nitrogens with zero attached hydrogens (tertiary/aromatic N) is 3. The molecule has 3 rings (SSSR count). The molecule has 0 aliphatic carbocycles. The fourth-order valence-electron chi connectivity index (χ4n) is 2.77. The van der Waals surface area contributed by atoms with E-state index in [9.17, 15) is 4.79 Å². The van der Waals surface area contributed by atoms with E-state index in [0.29, 0.717) is 11.1 Å². The maximum Gasteiger partial charge on any atom is 0.270 e. The average molecular weight is 398 g/mol. The van der Waals surface area contributed by atoms with Crippen LogP contribution in [0.15, 0.2) is 67.3 Å². The van der Waals surface area contributed by atoms with Gasteiger partial charge >= 0.3 is 0 Å². The molecule has 0 saturated heterocycles. The van der Waals surface area contributed by atoms with E-state index in [1.807, 2.05) is 35.0 Å². The van der Waals surface area contributed by atoms with Crippen LogP contribution in [0.1, 0.15) is 22.8 Å². The molecule has 1 aromatic heterocycles. The normalized spacial score (nSPS) is 11.8. The number of hydrogen-bond donors (Lipinski definition) is 2. The second kappa shape index (κ2) is 8.69. The van der Waals surface area contributed by atoms with Crippen LogP contribution in [0.2, 0.25) is 0 Å². The van der Waals surface area contributed by atoms with Gasteiger partial charge in [-0.25, -0.2) is 9.40 Å². The van der Waals surface area contributed by atoms with Gasteiger partial charge < -0.3 is 15.0 Å². The lowest BCUT2D eigenvalue weighted by atomic mass is 10.1. The molecule has 7 nitrogen and oxygen atoms in total. The Balaban J connectivity index is 1.70. The molecule has 0 aliphatic heterocycles. The zero-order valence-electron chi connectivity index (χ0n) is 15.2. The lowest BCUT2D eigenvalue weighted by molar-refractivity contribution is -0.137. The fourth-order valence-corrected chi connectivity index (χ4v) is 2.99. The van der Waals surface area contributed by atoms with E-state index >= 15 is 0 Å². The van der Waals surface area contributed by atoms with Crippen molar-refractivity contribution in [2.24, 2.45) is 5.73 Å². The second-order valence-electron chi connectivity index (χ2n) is 6.15. The smallest absolute Gasteiger partial charge is 0.270 e. The molecule has 1 heterocycles. The molecule has 0 aliphatic rings. The number of benzene rings is 2. The van der Waals surface area contributed by atoms with Gasteiger partial charge in [-0.1, -0.05) is 36.4 Å². The van der Waals surface area contributed by atoms with Gasteiger partial charge in [0.1, 0.15) is 5.84 Å². The van der Waals surface area contributed by atoms with E-state index < -0.39 is 6.10 Å². The molecule has 0 spiro atoms. The number of carbonyl (C=O) groups excluding carboxylic acids is 1. The number of amidine groups is 1. The van der Waals surface area contributed by atoms with E-state index in [0.717, 1.165) is 15.7 Å². The Kier molecular flexibility index (Phi) is 6.08. The molecular formula is C20H20ClN5O2. The number of ether oxygens (including phenoxy) is 1. The first-order valence-electron chi connectivity index (χ1n) is 8.51. The summed E-state index contributed by atoms with van der Waals surface area (Å²) in [5.41, 5.74) is 8.51. The van der Waals surface area contributed by atoms with Gasteiger partial charge in [-0.2, -0.15) is 0 Å². The van der Waals surface area contributed by atoms with Crippen LogP contribution in [-0.4, -0.2) is 32.8 Å². The van der Waals surface area contributed by atoms with Gasteiger partial charge in [-0.3, -0.25) is 10.2 Å². The largest absolute Gasteiger partial charge is 0.384 e. The highest BCUT2D eigenvalue weighted by molar-refractivity contribution is 6.21. The number of nitrogen functional groups attached to an aromatic ring is 1. The molecule has 1 unspecified atom stereocenters. The summed E-state index contributed by atoms with van der Waals surface area (Å²) in [5, 5.41) is 7.42. The summed E-state index contributed by atoms with van der Waals surface area (Å²) >= 11 is 6.23. The van der Waals surface area contributed by atoms with Crippen molar-refractivity contribution in [1.82, 2.24) is 14.0 Å². The molecule has 2 aromatic carbocycles. The van der Waals surface area contributed by atoms with Gasteiger partial charge in [-0.15, -0.1) is 0 Å². The Labute approximate surface area is 167 Å². The summed E-state index contributed by atoms with van der Waals surface area (Å²) in [6.07, 6.45) is 4.42. The lowest BCUT2D eigenvalue weighted by Gasteiger charge is -2.21. The predicted molar refractivity (Wildman–Crippen MR) is 107 cm³/mol. The molecule has 144 valence electrons. The monoisotopic (exact) mass is 397 g/mol. The number of hydrogen-bond acceptors (Lipinski definition) is 4. The number of nitrogens with one attached hydrogen (secondary N) is 1. The van der Waals surface area contributed by atoms with Crippen molar-refractivity contribution in [3.63, 3.8) is 0 Å². The van der Waals surface area contributed by atoms with Crippen LogP contribution in [0.25, 0.3) is 5.69 Å². The summed E-state index contributed by atoms with van der Waals surface area (Å²) in [5.74, 6) is -0.376. The van der Waals surface area contributed by atoms with Crippen molar-refractivity contribution in [3.8, 4) is 5.69 Å². The van der Waals surface area contributed by atoms with Crippen LogP contribution in [0, 0.1) is 5.41 Å². The first-order chi connectivity index (χ1) is 13.5. The minimum atomic E-state index is -0.814. The van der Waals surface area contributed by atoms with Gasteiger partial charge in [0.25, 0.3) is 5.91 Å². The highest BCUT2D eigenvalue weighted by Crippen LogP contribution is 2.23. The minimum Gasteiger partial charge on any atom is -0.384 e. The number of halogens is 1. The van der Waals surface area contributed by atoms with Gasteiger partial charge in [0.2, 0.25) is 0 Å². The molecule has 3 N–H and O–H groups in total. The number of methoxy groups -OCH3 is 1. The highest BCUT2D eigenvalue weighted by Gasteiger charge is 2.25. The molecule has 3 aromatic rings. The van der Waals surface area contributed by atoms with E-state index in [2.05, 4.69) is 4.98 Å². The van der Waals surface area contributed by atoms with E-state index in [1.54, 1.807) is 36.8 Å². The van der Waals surface area contributed by atoms with Crippen molar-refractivity contribution < 1.29 is 9.53 Å². The van der Waals surface area contributed by atoms with Crippen LogP contribution < -0.4 is 5.73 Å². The minimum absolute atomic E-state index is 0.0102. The SMILES string of the molecule is COC(C(=O)N(Cl)Cc1ccc(C(=N)N)cc1)c1ccc(-n2ccnc2)cc1. The highest BCUT2D eigenvalue weighted by atomic mass is 35.5. The summed E-state index contributed by atoms with van der Waals surface area (Å²) in [7, 11) is 1.47. The third kappa shape index (κ3) is 4.39. The number of imidazole rings is 1. The van der Waals surface area contributed by atoms with Crippen LogP contribution in [-0.2, 0) is 16.1 Å². The average Bonchev–Trinajstić information content (AvgIpc) is 3.24. The van der Waals surface area contributed by atoms with Crippen LogP contribution in [0.4, 0.5) is 0 Å². The van der Waals surface area contributed by atoms with Crippen molar-refractivity contribution in [2.75, 3.05) is 7.11 Å². The zero-order valence-corrected chi connectivity index (χ0v) is 16.0. The Hall–Kier alpha value is -3.16. The number of rotatable bonds is 7. The molecule has 0 bridgehead atoms.